The zero-order valence-corrected chi connectivity index (χ0v) is 13.6. The van der Waals surface area contributed by atoms with Gasteiger partial charge in [0.1, 0.15) is 8.07 Å². The van der Waals surface area contributed by atoms with E-state index in [4.69, 9.17) is 0 Å². The highest BCUT2D eigenvalue weighted by molar-refractivity contribution is 6.97. The second-order valence-corrected chi connectivity index (χ2v) is 10.0. The molecule has 0 radical (unpaired) electrons. The molecule has 1 atom stereocenters. The maximum absolute atomic E-state index is 2.57. The van der Waals surface area contributed by atoms with Crippen molar-refractivity contribution in [3.8, 4) is 0 Å². The molecule has 102 valence electrons. The summed E-state index contributed by atoms with van der Waals surface area (Å²) in [5, 5.41) is 3.32. The number of benzene rings is 1. The van der Waals surface area contributed by atoms with Crippen LogP contribution in [0.4, 0.5) is 0 Å². The quantitative estimate of drug-likeness (QED) is 0.640. The van der Waals surface area contributed by atoms with Crippen LogP contribution in [0.2, 0.25) is 12.6 Å². The predicted molar refractivity (Wildman–Crippen MR) is 88.5 cm³/mol. The summed E-state index contributed by atoms with van der Waals surface area (Å²) in [5.41, 5.74) is 1.62. The molecular weight excluding hydrogens is 244 g/mol. The Labute approximate surface area is 119 Å². The van der Waals surface area contributed by atoms with Gasteiger partial charge >= 0.3 is 0 Å². The molecule has 0 aromatic heterocycles. The van der Waals surface area contributed by atoms with Crippen LogP contribution in [0.3, 0.4) is 0 Å². The average molecular weight is 270 g/mol. The van der Waals surface area contributed by atoms with Gasteiger partial charge < -0.3 is 0 Å². The first-order valence-corrected chi connectivity index (χ1v) is 10.4. The van der Waals surface area contributed by atoms with Crippen molar-refractivity contribution in [2.45, 2.75) is 52.1 Å². The van der Waals surface area contributed by atoms with E-state index in [0.717, 1.165) is 6.42 Å². The van der Waals surface area contributed by atoms with Crippen molar-refractivity contribution in [1.82, 2.24) is 0 Å². The van der Waals surface area contributed by atoms with Crippen molar-refractivity contribution in [3.05, 3.63) is 53.3 Å². The van der Waals surface area contributed by atoms with Crippen LogP contribution in [0.15, 0.2) is 53.3 Å². The Morgan fingerprint density at radius 2 is 1.79 bits per heavy atom. The van der Waals surface area contributed by atoms with Crippen LogP contribution in [0.5, 0.6) is 0 Å². The van der Waals surface area contributed by atoms with Gasteiger partial charge in [0.05, 0.1) is 0 Å². The highest BCUT2D eigenvalue weighted by atomic mass is 28.3. The highest BCUT2D eigenvalue weighted by Crippen LogP contribution is 2.33. The lowest BCUT2D eigenvalue weighted by Gasteiger charge is -2.31. The first-order chi connectivity index (χ1) is 9.22. The van der Waals surface area contributed by atoms with Crippen LogP contribution in [-0.4, -0.2) is 8.07 Å². The minimum Gasteiger partial charge on any atom is -0.0808 e. The van der Waals surface area contributed by atoms with Gasteiger partial charge in [0.2, 0.25) is 0 Å². The van der Waals surface area contributed by atoms with Crippen LogP contribution in [0.1, 0.15) is 39.5 Å². The van der Waals surface area contributed by atoms with E-state index >= 15 is 0 Å². The number of hydrogen-bond acceptors (Lipinski definition) is 0. The Kier molecular flexibility index (Phi) is 4.81. The van der Waals surface area contributed by atoms with Gasteiger partial charge in [-0.2, -0.15) is 0 Å². The largest absolute Gasteiger partial charge is 0.115 e. The summed E-state index contributed by atoms with van der Waals surface area (Å²) in [4.78, 5) is 0. The second-order valence-electron chi connectivity index (χ2n) is 5.74. The fraction of sp³-hybridized carbons (Fsp3) is 0.444. The molecule has 0 spiro atoms. The molecule has 1 heteroatoms. The maximum atomic E-state index is 2.57. The molecule has 0 saturated carbocycles. The molecule has 1 aromatic rings. The van der Waals surface area contributed by atoms with E-state index in [-0.39, 0.29) is 0 Å². The summed E-state index contributed by atoms with van der Waals surface area (Å²) in [6.45, 7) is 7.17. The molecule has 0 aliphatic heterocycles. The van der Waals surface area contributed by atoms with Crippen molar-refractivity contribution >= 4 is 13.3 Å². The fourth-order valence-corrected chi connectivity index (χ4v) is 7.66. The lowest BCUT2D eigenvalue weighted by atomic mass is 10.2. The highest BCUT2D eigenvalue weighted by Gasteiger charge is 2.35. The molecule has 0 nitrogen and oxygen atoms in total. The van der Waals surface area contributed by atoms with E-state index in [2.05, 4.69) is 62.9 Å². The zero-order chi connectivity index (χ0) is 13.7. The molecule has 0 N–H and O–H groups in total. The SMILES string of the molecule is CCCC[Si](C)(C1=CCC=C1CC)c1ccccc1. The van der Waals surface area contributed by atoms with Crippen molar-refractivity contribution in [3.63, 3.8) is 0 Å². The van der Waals surface area contributed by atoms with Crippen LogP contribution in [-0.2, 0) is 0 Å². The molecular formula is C18H26Si. The molecule has 0 bridgehead atoms. The number of unbranched alkanes of at least 4 members (excludes halogenated alkanes) is 1. The minimum absolute atomic E-state index is 1.15. The Balaban J connectivity index is 2.38. The minimum atomic E-state index is -1.50. The smallest absolute Gasteiger partial charge is 0.0808 e. The van der Waals surface area contributed by atoms with Gasteiger partial charge in [0, 0.05) is 0 Å². The Morgan fingerprint density at radius 1 is 1.05 bits per heavy atom. The van der Waals surface area contributed by atoms with E-state index in [1.54, 1.807) is 16.0 Å². The normalized spacial score (nSPS) is 17.8. The summed E-state index contributed by atoms with van der Waals surface area (Å²) in [7, 11) is -1.50. The van der Waals surface area contributed by atoms with Crippen molar-refractivity contribution in [2.24, 2.45) is 0 Å². The summed E-state index contributed by atoms with van der Waals surface area (Å²) < 4.78 is 0. The molecule has 2 rings (SSSR count). The van der Waals surface area contributed by atoms with E-state index in [1.165, 1.54) is 25.3 Å². The van der Waals surface area contributed by atoms with E-state index in [0.29, 0.717) is 0 Å². The van der Waals surface area contributed by atoms with Crippen molar-refractivity contribution in [1.29, 1.82) is 0 Å². The maximum Gasteiger partial charge on any atom is 0.115 e. The standard InChI is InChI=1S/C18H26Si/c1-4-6-15-19(3,17-12-8-7-9-13-17)18-14-10-11-16(18)5-2/h7-9,11-14H,4-6,10,15H2,1-3H3. The van der Waals surface area contributed by atoms with Gasteiger partial charge in [-0.1, -0.05) is 91.7 Å². The van der Waals surface area contributed by atoms with E-state index in [1.807, 2.05) is 0 Å². The molecule has 19 heavy (non-hydrogen) atoms. The van der Waals surface area contributed by atoms with E-state index in [9.17, 15) is 0 Å². The molecule has 1 aliphatic rings. The van der Waals surface area contributed by atoms with E-state index < -0.39 is 8.07 Å². The third kappa shape index (κ3) is 2.92. The van der Waals surface area contributed by atoms with Gasteiger partial charge in [-0.15, -0.1) is 0 Å². The summed E-state index contributed by atoms with van der Waals surface area (Å²) in [6.07, 6.45) is 9.94. The topological polar surface area (TPSA) is 0 Å². The Bertz CT molecular complexity index is 470. The molecule has 0 amide bonds. The van der Waals surface area contributed by atoms with Crippen molar-refractivity contribution < 1.29 is 0 Å². The Morgan fingerprint density at radius 3 is 2.42 bits per heavy atom. The first kappa shape index (κ1) is 14.3. The monoisotopic (exact) mass is 270 g/mol. The third-order valence-corrected chi connectivity index (χ3v) is 9.12. The predicted octanol–water partition coefficient (Wildman–Crippen LogP) is 4.98. The fourth-order valence-electron chi connectivity index (χ4n) is 3.25. The second kappa shape index (κ2) is 6.38. The lowest BCUT2D eigenvalue weighted by Crippen LogP contribution is -2.47. The third-order valence-electron chi connectivity index (χ3n) is 4.45. The molecule has 0 heterocycles. The molecule has 0 fully saturated rings. The van der Waals surface area contributed by atoms with Gasteiger partial charge in [0.25, 0.3) is 0 Å². The first-order valence-electron chi connectivity index (χ1n) is 7.68. The number of rotatable bonds is 6. The number of hydrogen-bond donors (Lipinski definition) is 0. The molecule has 1 aromatic carbocycles. The van der Waals surface area contributed by atoms with Crippen molar-refractivity contribution in [2.75, 3.05) is 0 Å². The van der Waals surface area contributed by atoms with Crippen LogP contribution in [0, 0.1) is 0 Å². The summed E-state index contributed by atoms with van der Waals surface area (Å²) in [5.74, 6) is 0. The Hall–Kier alpha value is -1.08. The van der Waals surface area contributed by atoms with Gasteiger partial charge in [-0.05, 0) is 18.9 Å². The van der Waals surface area contributed by atoms with Gasteiger partial charge in [0.15, 0.2) is 0 Å². The van der Waals surface area contributed by atoms with Gasteiger partial charge in [-0.25, -0.2) is 0 Å². The molecule has 1 aliphatic carbocycles. The molecule has 1 unspecified atom stereocenters. The van der Waals surface area contributed by atoms with Crippen LogP contribution in [0.25, 0.3) is 0 Å². The van der Waals surface area contributed by atoms with Crippen LogP contribution < -0.4 is 5.19 Å². The summed E-state index contributed by atoms with van der Waals surface area (Å²) >= 11 is 0. The average Bonchev–Trinajstić information content (AvgIpc) is 2.95. The zero-order valence-electron chi connectivity index (χ0n) is 12.6. The van der Waals surface area contributed by atoms with Crippen LogP contribution >= 0.6 is 0 Å². The number of allylic oxidation sites excluding steroid dienone is 4. The summed E-state index contributed by atoms with van der Waals surface area (Å²) in [6, 6.07) is 12.6. The lowest BCUT2D eigenvalue weighted by molar-refractivity contribution is 0.870. The van der Waals surface area contributed by atoms with Gasteiger partial charge in [-0.3, -0.25) is 0 Å². The molecule has 0 saturated heterocycles.